The molecule has 1 aromatic rings. The number of carbonyl (C=O) groups excluding carboxylic acids is 2. The monoisotopic (exact) mass is 263 g/mol. The van der Waals surface area contributed by atoms with E-state index in [4.69, 9.17) is 5.73 Å². The number of primary amides is 1. The van der Waals surface area contributed by atoms with Gasteiger partial charge in [-0.15, -0.1) is 0 Å². The minimum atomic E-state index is -0.528. The molecule has 19 heavy (non-hydrogen) atoms. The molecule has 0 unspecified atom stereocenters. The summed E-state index contributed by atoms with van der Waals surface area (Å²) in [7, 11) is 0. The van der Waals surface area contributed by atoms with Crippen molar-refractivity contribution in [2.45, 2.75) is 33.1 Å². The van der Waals surface area contributed by atoms with E-state index in [2.05, 4.69) is 16.7 Å². The van der Waals surface area contributed by atoms with E-state index in [-0.39, 0.29) is 5.91 Å². The Balaban J connectivity index is 2.29. The molecule has 0 aliphatic rings. The molecule has 5 heteroatoms. The van der Waals surface area contributed by atoms with E-state index in [0.29, 0.717) is 13.0 Å². The maximum absolute atomic E-state index is 11.7. The molecule has 0 fully saturated rings. The summed E-state index contributed by atoms with van der Waals surface area (Å²) in [5.41, 5.74) is 8.02. The van der Waals surface area contributed by atoms with Crippen LogP contribution >= 0.6 is 0 Å². The molecule has 0 atom stereocenters. The van der Waals surface area contributed by atoms with Gasteiger partial charge in [0.2, 0.25) is 5.91 Å². The Bertz CT molecular complexity index is 438. The minimum absolute atomic E-state index is 0.0101. The van der Waals surface area contributed by atoms with Crippen LogP contribution in [0.15, 0.2) is 18.2 Å². The second-order valence-electron chi connectivity index (χ2n) is 4.67. The van der Waals surface area contributed by atoms with E-state index in [9.17, 15) is 9.59 Å². The van der Waals surface area contributed by atoms with Crippen molar-refractivity contribution in [1.82, 2.24) is 5.32 Å². The summed E-state index contributed by atoms with van der Waals surface area (Å²) >= 11 is 0. The molecule has 0 radical (unpaired) electrons. The lowest BCUT2D eigenvalue weighted by molar-refractivity contribution is -0.116. The number of rotatable bonds is 6. The zero-order valence-corrected chi connectivity index (χ0v) is 11.5. The number of hydrogen-bond donors (Lipinski definition) is 3. The summed E-state index contributed by atoms with van der Waals surface area (Å²) in [6.07, 6.45) is 1.90. The average Bonchev–Trinajstić information content (AvgIpc) is 2.26. The molecule has 0 bridgehead atoms. The van der Waals surface area contributed by atoms with Crippen LogP contribution in [0.4, 0.5) is 10.5 Å². The van der Waals surface area contributed by atoms with Gasteiger partial charge in [0.15, 0.2) is 0 Å². The molecule has 0 aliphatic heterocycles. The van der Waals surface area contributed by atoms with Crippen molar-refractivity contribution in [2.75, 3.05) is 11.9 Å². The second kappa shape index (κ2) is 7.41. The van der Waals surface area contributed by atoms with Crippen LogP contribution in [-0.2, 0) is 4.79 Å². The molecule has 4 N–H and O–H groups in total. The highest BCUT2D eigenvalue weighted by Crippen LogP contribution is 2.14. The van der Waals surface area contributed by atoms with Gasteiger partial charge in [0.25, 0.3) is 0 Å². The van der Waals surface area contributed by atoms with Gasteiger partial charge >= 0.3 is 6.03 Å². The fourth-order valence-corrected chi connectivity index (χ4v) is 1.89. The number of benzene rings is 1. The summed E-state index contributed by atoms with van der Waals surface area (Å²) in [5, 5.41) is 5.36. The van der Waals surface area contributed by atoms with Gasteiger partial charge in [-0.05, 0) is 49.9 Å². The van der Waals surface area contributed by atoms with E-state index < -0.39 is 6.03 Å². The van der Waals surface area contributed by atoms with Crippen molar-refractivity contribution in [2.24, 2.45) is 5.73 Å². The van der Waals surface area contributed by atoms with Crippen LogP contribution in [0.25, 0.3) is 0 Å². The maximum Gasteiger partial charge on any atom is 0.312 e. The topological polar surface area (TPSA) is 84.2 Å². The number of hydrogen-bond acceptors (Lipinski definition) is 2. The average molecular weight is 263 g/mol. The molecule has 0 aliphatic carbocycles. The van der Waals surface area contributed by atoms with Crippen molar-refractivity contribution < 1.29 is 9.59 Å². The second-order valence-corrected chi connectivity index (χ2v) is 4.67. The molecule has 0 saturated carbocycles. The zero-order chi connectivity index (χ0) is 14.3. The fraction of sp³-hybridized carbons (Fsp3) is 0.429. The number of anilines is 1. The van der Waals surface area contributed by atoms with Gasteiger partial charge in [-0.3, -0.25) is 4.79 Å². The number of nitrogens with two attached hydrogens (primary N) is 1. The van der Waals surface area contributed by atoms with E-state index in [1.54, 1.807) is 0 Å². The van der Waals surface area contributed by atoms with Crippen LogP contribution in [-0.4, -0.2) is 18.5 Å². The van der Waals surface area contributed by atoms with Crippen LogP contribution in [0.5, 0.6) is 0 Å². The predicted molar refractivity (Wildman–Crippen MR) is 76.0 cm³/mol. The Kier molecular flexibility index (Phi) is 5.85. The van der Waals surface area contributed by atoms with E-state index in [1.165, 1.54) is 0 Å². The largest absolute Gasteiger partial charge is 0.352 e. The molecule has 3 amide bonds. The predicted octanol–water partition coefficient (Wildman–Crippen LogP) is 2.08. The van der Waals surface area contributed by atoms with E-state index in [1.807, 2.05) is 26.0 Å². The van der Waals surface area contributed by atoms with E-state index in [0.717, 1.165) is 29.7 Å². The number of aryl methyl sites for hydroxylation is 2. The van der Waals surface area contributed by atoms with Crippen LogP contribution in [0.1, 0.15) is 30.4 Å². The number of urea groups is 1. The standard InChI is InChI=1S/C14H21N3O2/c1-10-7-11(2)9-12(8-10)17-13(18)5-3-4-6-16-14(15)19/h7-9H,3-6H2,1-2H3,(H,17,18)(H3,15,16,19). The van der Waals surface area contributed by atoms with Crippen molar-refractivity contribution in [3.63, 3.8) is 0 Å². The molecule has 1 rings (SSSR count). The number of nitrogens with one attached hydrogen (secondary N) is 2. The van der Waals surface area contributed by atoms with Crippen LogP contribution in [0.2, 0.25) is 0 Å². The molecule has 0 spiro atoms. The first-order chi connectivity index (χ1) is 8.97. The summed E-state index contributed by atoms with van der Waals surface area (Å²) in [6, 6.07) is 5.42. The molecule has 104 valence electrons. The van der Waals surface area contributed by atoms with Crippen LogP contribution < -0.4 is 16.4 Å². The first kappa shape index (κ1) is 15.0. The normalized spacial score (nSPS) is 10.0. The van der Waals surface area contributed by atoms with Gasteiger partial charge in [0.1, 0.15) is 0 Å². The smallest absolute Gasteiger partial charge is 0.312 e. The van der Waals surface area contributed by atoms with Gasteiger partial charge in [-0.25, -0.2) is 4.79 Å². The van der Waals surface area contributed by atoms with E-state index >= 15 is 0 Å². The SMILES string of the molecule is Cc1cc(C)cc(NC(=O)CCCCNC(N)=O)c1. The van der Waals surface area contributed by atoms with Gasteiger partial charge in [-0.2, -0.15) is 0 Å². The minimum Gasteiger partial charge on any atom is -0.352 e. The lowest BCUT2D eigenvalue weighted by Crippen LogP contribution is -2.30. The third-order valence-corrected chi connectivity index (χ3v) is 2.64. The lowest BCUT2D eigenvalue weighted by atomic mass is 10.1. The Hall–Kier alpha value is -2.04. The Morgan fingerprint density at radius 3 is 2.32 bits per heavy atom. The number of carbonyl (C=O) groups is 2. The summed E-state index contributed by atoms with van der Waals surface area (Å²) in [5.74, 6) is -0.0101. The van der Waals surface area contributed by atoms with Gasteiger partial charge in [0.05, 0.1) is 0 Å². The first-order valence-corrected chi connectivity index (χ1v) is 6.39. The highest BCUT2D eigenvalue weighted by molar-refractivity contribution is 5.90. The number of unbranched alkanes of at least 4 members (excludes halogenated alkanes) is 1. The molecular weight excluding hydrogens is 242 g/mol. The van der Waals surface area contributed by atoms with Crippen molar-refractivity contribution >= 4 is 17.6 Å². The van der Waals surface area contributed by atoms with Gasteiger partial charge in [-0.1, -0.05) is 6.07 Å². The molecule has 1 aromatic carbocycles. The zero-order valence-electron chi connectivity index (χ0n) is 11.5. The third-order valence-electron chi connectivity index (χ3n) is 2.64. The highest BCUT2D eigenvalue weighted by Gasteiger charge is 2.03. The maximum atomic E-state index is 11.7. The van der Waals surface area contributed by atoms with Crippen molar-refractivity contribution in [3.8, 4) is 0 Å². The highest BCUT2D eigenvalue weighted by atomic mass is 16.2. The van der Waals surface area contributed by atoms with Gasteiger partial charge in [0, 0.05) is 18.7 Å². The Labute approximate surface area is 113 Å². The quantitative estimate of drug-likeness (QED) is 0.686. The van der Waals surface area contributed by atoms with Gasteiger partial charge < -0.3 is 16.4 Å². The number of amides is 3. The first-order valence-electron chi connectivity index (χ1n) is 6.39. The summed E-state index contributed by atoms with van der Waals surface area (Å²) < 4.78 is 0. The molecule has 0 aromatic heterocycles. The summed E-state index contributed by atoms with van der Waals surface area (Å²) in [4.78, 5) is 22.1. The fourth-order valence-electron chi connectivity index (χ4n) is 1.89. The van der Waals surface area contributed by atoms with Crippen molar-refractivity contribution in [3.05, 3.63) is 29.3 Å². The Morgan fingerprint density at radius 1 is 1.11 bits per heavy atom. The molecule has 0 heterocycles. The molecule has 5 nitrogen and oxygen atoms in total. The molecule has 0 saturated heterocycles. The van der Waals surface area contributed by atoms with Crippen LogP contribution in [0.3, 0.4) is 0 Å². The lowest BCUT2D eigenvalue weighted by Gasteiger charge is -2.07. The van der Waals surface area contributed by atoms with Crippen LogP contribution in [0, 0.1) is 13.8 Å². The third kappa shape index (κ3) is 6.45. The Morgan fingerprint density at radius 2 is 1.74 bits per heavy atom. The molecular formula is C14H21N3O2. The van der Waals surface area contributed by atoms with Crippen molar-refractivity contribution in [1.29, 1.82) is 0 Å². The summed E-state index contributed by atoms with van der Waals surface area (Å²) in [6.45, 7) is 4.50.